The number of nitrogen functional groups attached to an aromatic ring is 1. The summed E-state index contributed by atoms with van der Waals surface area (Å²) in [5.74, 6) is -2.87. The van der Waals surface area contributed by atoms with E-state index in [1.165, 1.54) is 24.3 Å². The Morgan fingerprint density at radius 1 is 1.24 bits per heavy atom. The van der Waals surface area contributed by atoms with Crippen LogP contribution in [0, 0.1) is 15.9 Å². The highest BCUT2D eigenvalue weighted by molar-refractivity contribution is 5.97. The molecule has 21 heavy (non-hydrogen) atoms. The van der Waals surface area contributed by atoms with E-state index in [0.717, 1.165) is 12.1 Å². The number of anilines is 1. The average Bonchev–Trinajstić information content (AvgIpc) is 2.43. The molecular formula is C13H9FN2O5. The van der Waals surface area contributed by atoms with Gasteiger partial charge >= 0.3 is 11.7 Å². The molecule has 0 aliphatic heterocycles. The summed E-state index contributed by atoms with van der Waals surface area (Å²) in [7, 11) is 0. The van der Waals surface area contributed by atoms with Gasteiger partial charge in [-0.2, -0.15) is 0 Å². The summed E-state index contributed by atoms with van der Waals surface area (Å²) < 4.78 is 18.5. The molecule has 7 nitrogen and oxygen atoms in total. The molecule has 0 unspecified atom stereocenters. The quantitative estimate of drug-likeness (QED) is 0.508. The van der Waals surface area contributed by atoms with Gasteiger partial charge in [-0.3, -0.25) is 10.1 Å². The van der Waals surface area contributed by atoms with Crippen molar-refractivity contribution in [1.29, 1.82) is 0 Å². The molecule has 0 bridgehead atoms. The lowest BCUT2D eigenvalue weighted by atomic mass is 10.1. The number of carboxylic acid groups (broad SMARTS) is 1. The number of para-hydroxylation sites is 2. The van der Waals surface area contributed by atoms with Crippen LogP contribution in [0.5, 0.6) is 11.5 Å². The number of rotatable bonds is 4. The van der Waals surface area contributed by atoms with E-state index in [2.05, 4.69) is 0 Å². The first-order chi connectivity index (χ1) is 9.91. The van der Waals surface area contributed by atoms with Crippen molar-refractivity contribution in [3.8, 4) is 11.5 Å². The molecule has 2 aromatic carbocycles. The molecule has 0 radical (unpaired) electrons. The molecule has 0 heterocycles. The monoisotopic (exact) mass is 292 g/mol. The maximum atomic E-state index is 13.3. The Labute approximate surface area is 117 Å². The zero-order valence-electron chi connectivity index (χ0n) is 10.4. The predicted octanol–water partition coefficient (Wildman–Crippen LogP) is 2.81. The summed E-state index contributed by atoms with van der Waals surface area (Å²) in [6, 6.07) is 7.38. The molecule has 0 fully saturated rings. The van der Waals surface area contributed by atoms with Crippen molar-refractivity contribution in [3.05, 3.63) is 57.9 Å². The van der Waals surface area contributed by atoms with Gasteiger partial charge in [0.25, 0.3) is 0 Å². The van der Waals surface area contributed by atoms with Gasteiger partial charge < -0.3 is 15.6 Å². The molecule has 0 aliphatic carbocycles. The van der Waals surface area contributed by atoms with E-state index in [-0.39, 0.29) is 17.2 Å². The van der Waals surface area contributed by atoms with E-state index in [1.54, 1.807) is 0 Å². The average molecular weight is 292 g/mol. The molecule has 0 aliphatic rings. The Bertz CT molecular complexity index is 732. The predicted molar refractivity (Wildman–Crippen MR) is 70.9 cm³/mol. The summed E-state index contributed by atoms with van der Waals surface area (Å²) in [6.45, 7) is 0. The van der Waals surface area contributed by atoms with Gasteiger partial charge in [-0.15, -0.1) is 0 Å². The Morgan fingerprint density at radius 3 is 2.52 bits per heavy atom. The molecule has 0 saturated heterocycles. The van der Waals surface area contributed by atoms with Crippen LogP contribution < -0.4 is 10.5 Å². The van der Waals surface area contributed by atoms with Gasteiger partial charge in [0.2, 0.25) is 5.75 Å². The summed E-state index contributed by atoms with van der Waals surface area (Å²) in [5, 5.41) is 19.9. The third-order valence-electron chi connectivity index (χ3n) is 2.65. The van der Waals surface area contributed by atoms with Crippen molar-refractivity contribution in [2.45, 2.75) is 0 Å². The number of halogens is 1. The third-order valence-corrected chi connectivity index (χ3v) is 2.65. The molecule has 0 aromatic heterocycles. The molecular weight excluding hydrogens is 283 g/mol. The topological polar surface area (TPSA) is 116 Å². The molecule has 8 heteroatoms. The molecule has 0 saturated carbocycles. The fourth-order valence-electron chi connectivity index (χ4n) is 1.69. The van der Waals surface area contributed by atoms with Crippen LogP contribution in [0.15, 0.2) is 36.4 Å². The van der Waals surface area contributed by atoms with Crippen LogP contribution >= 0.6 is 0 Å². The lowest BCUT2D eigenvalue weighted by Crippen LogP contribution is -2.07. The summed E-state index contributed by atoms with van der Waals surface area (Å²) in [5.41, 5.74) is 3.83. The number of nitro groups is 1. The maximum Gasteiger partial charge on any atom is 0.341 e. The number of carbonyl (C=O) groups is 1. The SMILES string of the molecule is Nc1c(F)ccc(Oc2ccccc2[N+](=O)[O-])c1C(=O)O. The van der Waals surface area contributed by atoms with Gasteiger partial charge in [-0.1, -0.05) is 12.1 Å². The first-order valence-corrected chi connectivity index (χ1v) is 5.64. The van der Waals surface area contributed by atoms with Crippen molar-refractivity contribution >= 4 is 17.3 Å². The lowest BCUT2D eigenvalue weighted by molar-refractivity contribution is -0.385. The smallest absolute Gasteiger partial charge is 0.341 e. The van der Waals surface area contributed by atoms with Gasteiger partial charge in [0.05, 0.1) is 10.6 Å². The number of carboxylic acids is 1. The Kier molecular flexibility index (Phi) is 3.70. The van der Waals surface area contributed by atoms with Crippen LogP contribution in [0.25, 0.3) is 0 Å². The lowest BCUT2D eigenvalue weighted by Gasteiger charge is -2.11. The number of hydrogen-bond acceptors (Lipinski definition) is 5. The largest absolute Gasteiger partial charge is 0.477 e. The fraction of sp³-hybridized carbons (Fsp3) is 0. The number of nitro benzene ring substituents is 1. The van der Waals surface area contributed by atoms with E-state index in [4.69, 9.17) is 15.6 Å². The second-order valence-electron chi connectivity index (χ2n) is 3.97. The molecule has 3 N–H and O–H groups in total. The molecule has 108 valence electrons. The summed E-state index contributed by atoms with van der Waals surface area (Å²) in [4.78, 5) is 21.3. The second kappa shape index (κ2) is 5.45. The van der Waals surface area contributed by atoms with Gasteiger partial charge in [0.1, 0.15) is 17.1 Å². The number of nitrogens with zero attached hydrogens (tertiary/aromatic N) is 1. The molecule has 2 aromatic rings. The number of hydrogen-bond donors (Lipinski definition) is 2. The highest BCUT2D eigenvalue weighted by atomic mass is 19.1. The molecule has 0 atom stereocenters. The minimum Gasteiger partial charge on any atom is -0.477 e. The summed E-state index contributed by atoms with van der Waals surface area (Å²) >= 11 is 0. The van der Waals surface area contributed by atoms with E-state index in [1.807, 2.05) is 0 Å². The first-order valence-electron chi connectivity index (χ1n) is 5.64. The van der Waals surface area contributed by atoms with Crippen LogP contribution in [0.2, 0.25) is 0 Å². The van der Waals surface area contributed by atoms with E-state index in [9.17, 15) is 19.3 Å². The molecule has 2 rings (SSSR count). The van der Waals surface area contributed by atoms with E-state index < -0.39 is 28.0 Å². The third kappa shape index (κ3) is 2.73. The Balaban J connectivity index is 2.53. The van der Waals surface area contributed by atoms with Crippen LogP contribution in [0.1, 0.15) is 10.4 Å². The van der Waals surface area contributed by atoms with Crippen LogP contribution in [-0.4, -0.2) is 16.0 Å². The fourth-order valence-corrected chi connectivity index (χ4v) is 1.69. The normalized spacial score (nSPS) is 10.1. The van der Waals surface area contributed by atoms with E-state index in [0.29, 0.717) is 0 Å². The zero-order valence-corrected chi connectivity index (χ0v) is 10.4. The molecule has 0 amide bonds. The van der Waals surface area contributed by atoms with Gasteiger partial charge in [0, 0.05) is 6.07 Å². The highest BCUT2D eigenvalue weighted by Gasteiger charge is 2.22. The van der Waals surface area contributed by atoms with Crippen LogP contribution in [0.3, 0.4) is 0 Å². The number of nitrogens with two attached hydrogens (primary N) is 1. The maximum absolute atomic E-state index is 13.3. The molecule has 0 spiro atoms. The second-order valence-corrected chi connectivity index (χ2v) is 3.97. The number of ether oxygens (including phenoxy) is 1. The van der Waals surface area contributed by atoms with Crippen LogP contribution in [0.4, 0.5) is 15.8 Å². The van der Waals surface area contributed by atoms with Crippen molar-refractivity contribution in [2.75, 3.05) is 5.73 Å². The minimum atomic E-state index is -1.50. The number of benzene rings is 2. The number of aromatic carboxylic acids is 1. The van der Waals surface area contributed by atoms with Crippen LogP contribution in [-0.2, 0) is 0 Å². The van der Waals surface area contributed by atoms with Gasteiger partial charge in [-0.25, -0.2) is 9.18 Å². The summed E-state index contributed by atoms with van der Waals surface area (Å²) in [6.07, 6.45) is 0. The van der Waals surface area contributed by atoms with Crippen molar-refractivity contribution in [2.24, 2.45) is 0 Å². The van der Waals surface area contributed by atoms with Crippen molar-refractivity contribution < 1.29 is 24.0 Å². The Morgan fingerprint density at radius 2 is 1.90 bits per heavy atom. The standard InChI is InChI=1S/C13H9FN2O5/c14-7-5-6-10(11(12(7)15)13(17)18)21-9-4-2-1-3-8(9)16(19)20/h1-6H,15H2,(H,17,18). The van der Waals surface area contributed by atoms with E-state index >= 15 is 0 Å². The van der Waals surface area contributed by atoms with Gasteiger partial charge in [0.15, 0.2) is 0 Å². The highest BCUT2D eigenvalue weighted by Crippen LogP contribution is 2.35. The van der Waals surface area contributed by atoms with Gasteiger partial charge in [-0.05, 0) is 18.2 Å². The van der Waals surface area contributed by atoms with Crippen molar-refractivity contribution in [1.82, 2.24) is 0 Å². The zero-order chi connectivity index (χ0) is 15.6. The Hall–Kier alpha value is -3.16. The first kappa shape index (κ1) is 14.3. The van der Waals surface area contributed by atoms with Crippen molar-refractivity contribution in [3.63, 3.8) is 0 Å². The minimum absolute atomic E-state index is 0.170.